The smallest absolute Gasteiger partial charge is 0.00367 e. The molecule has 4 aromatic rings. The predicted molar refractivity (Wildman–Crippen MR) is 138 cm³/mol. The van der Waals surface area contributed by atoms with E-state index in [2.05, 4.69) is 98.8 Å². The van der Waals surface area contributed by atoms with E-state index in [1.165, 1.54) is 55.6 Å². The van der Waals surface area contributed by atoms with Crippen LogP contribution in [0.3, 0.4) is 0 Å². The SMILES string of the molecule is Cc1ccc(-c2cccc(CCN)c2)cc1-c1cc(-c2cccc(CCN)c2)ccc1C. The molecule has 0 aromatic heterocycles. The second-order valence-electron chi connectivity index (χ2n) is 8.54. The zero-order chi connectivity index (χ0) is 22.5. The molecule has 0 saturated carbocycles. The summed E-state index contributed by atoms with van der Waals surface area (Å²) in [6.07, 6.45) is 1.80. The van der Waals surface area contributed by atoms with Gasteiger partial charge in [-0.1, -0.05) is 72.8 Å². The van der Waals surface area contributed by atoms with Gasteiger partial charge in [0.25, 0.3) is 0 Å². The van der Waals surface area contributed by atoms with Gasteiger partial charge in [-0.05, 0) is 108 Å². The van der Waals surface area contributed by atoms with Gasteiger partial charge < -0.3 is 11.5 Å². The molecule has 0 radical (unpaired) electrons. The molecule has 0 amide bonds. The fraction of sp³-hybridized carbons (Fsp3) is 0.200. The highest BCUT2D eigenvalue weighted by Crippen LogP contribution is 2.34. The molecular formula is C30H32N2. The summed E-state index contributed by atoms with van der Waals surface area (Å²) in [6, 6.07) is 31.0. The van der Waals surface area contributed by atoms with Gasteiger partial charge in [-0.2, -0.15) is 0 Å². The summed E-state index contributed by atoms with van der Waals surface area (Å²) in [7, 11) is 0. The van der Waals surface area contributed by atoms with Crippen LogP contribution in [0, 0.1) is 13.8 Å². The lowest BCUT2D eigenvalue weighted by Gasteiger charge is -2.15. The predicted octanol–water partition coefficient (Wildman–Crippen LogP) is 6.31. The lowest BCUT2D eigenvalue weighted by molar-refractivity contribution is 0.969. The summed E-state index contributed by atoms with van der Waals surface area (Å²) in [5.74, 6) is 0. The largest absolute Gasteiger partial charge is 0.330 e. The van der Waals surface area contributed by atoms with Crippen molar-refractivity contribution in [2.75, 3.05) is 13.1 Å². The lowest BCUT2D eigenvalue weighted by atomic mass is 9.90. The zero-order valence-electron chi connectivity index (χ0n) is 19.1. The van der Waals surface area contributed by atoms with Gasteiger partial charge in [-0.3, -0.25) is 0 Å². The molecule has 0 aliphatic rings. The molecule has 0 aliphatic heterocycles. The second kappa shape index (κ2) is 9.95. The molecular weight excluding hydrogens is 388 g/mol. The van der Waals surface area contributed by atoms with Crippen molar-refractivity contribution in [2.24, 2.45) is 11.5 Å². The van der Waals surface area contributed by atoms with Gasteiger partial charge in [0.1, 0.15) is 0 Å². The fourth-order valence-electron chi connectivity index (χ4n) is 4.33. The Kier molecular flexibility index (Phi) is 6.84. The zero-order valence-corrected chi connectivity index (χ0v) is 19.1. The highest BCUT2D eigenvalue weighted by atomic mass is 14.5. The molecule has 4 N–H and O–H groups in total. The quantitative estimate of drug-likeness (QED) is 0.368. The Bertz CT molecular complexity index is 1130. The molecule has 0 heterocycles. The monoisotopic (exact) mass is 420 g/mol. The van der Waals surface area contributed by atoms with Crippen LogP contribution in [-0.2, 0) is 12.8 Å². The van der Waals surface area contributed by atoms with Gasteiger partial charge in [0.15, 0.2) is 0 Å². The Labute approximate surface area is 191 Å². The summed E-state index contributed by atoms with van der Waals surface area (Å²) >= 11 is 0. The molecule has 0 aliphatic carbocycles. The summed E-state index contributed by atoms with van der Waals surface area (Å²) < 4.78 is 0. The van der Waals surface area contributed by atoms with Crippen molar-refractivity contribution < 1.29 is 0 Å². The number of rotatable bonds is 7. The first-order valence-electron chi connectivity index (χ1n) is 11.4. The summed E-state index contributed by atoms with van der Waals surface area (Å²) in [5, 5.41) is 0. The van der Waals surface area contributed by atoms with E-state index < -0.39 is 0 Å². The fourth-order valence-corrected chi connectivity index (χ4v) is 4.33. The number of nitrogens with two attached hydrogens (primary N) is 2. The van der Waals surface area contributed by atoms with Crippen LogP contribution >= 0.6 is 0 Å². The Morgan fingerprint density at radius 2 is 0.906 bits per heavy atom. The maximum absolute atomic E-state index is 5.77. The maximum atomic E-state index is 5.77. The molecule has 0 bridgehead atoms. The van der Waals surface area contributed by atoms with Crippen LogP contribution in [-0.4, -0.2) is 13.1 Å². The van der Waals surface area contributed by atoms with E-state index in [9.17, 15) is 0 Å². The van der Waals surface area contributed by atoms with Crippen LogP contribution in [0.4, 0.5) is 0 Å². The Morgan fingerprint density at radius 1 is 0.500 bits per heavy atom. The highest BCUT2D eigenvalue weighted by Gasteiger charge is 2.10. The third-order valence-corrected chi connectivity index (χ3v) is 6.15. The molecule has 4 aromatic carbocycles. The first-order chi connectivity index (χ1) is 15.6. The van der Waals surface area contributed by atoms with E-state index in [0.29, 0.717) is 13.1 Å². The first kappa shape index (κ1) is 22.0. The average Bonchev–Trinajstić information content (AvgIpc) is 2.81. The third-order valence-electron chi connectivity index (χ3n) is 6.15. The van der Waals surface area contributed by atoms with Gasteiger partial charge in [0.2, 0.25) is 0 Å². The Balaban J connectivity index is 1.77. The topological polar surface area (TPSA) is 52.0 Å². The summed E-state index contributed by atoms with van der Waals surface area (Å²) in [4.78, 5) is 0. The minimum atomic E-state index is 0.668. The molecule has 2 nitrogen and oxygen atoms in total. The molecule has 0 fully saturated rings. The number of aryl methyl sites for hydroxylation is 2. The van der Waals surface area contributed by atoms with Gasteiger partial charge in [-0.15, -0.1) is 0 Å². The minimum absolute atomic E-state index is 0.668. The van der Waals surface area contributed by atoms with Crippen LogP contribution in [0.1, 0.15) is 22.3 Å². The molecule has 0 unspecified atom stereocenters. The van der Waals surface area contributed by atoms with Crippen molar-refractivity contribution >= 4 is 0 Å². The number of hydrogen-bond donors (Lipinski definition) is 2. The van der Waals surface area contributed by atoms with Crippen molar-refractivity contribution in [2.45, 2.75) is 26.7 Å². The van der Waals surface area contributed by atoms with Crippen LogP contribution < -0.4 is 11.5 Å². The molecule has 0 atom stereocenters. The molecule has 0 spiro atoms. The Morgan fingerprint density at radius 3 is 1.31 bits per heavy atom. The first-order valence-corrected chi connectivity index (χ1v) is 11.4. The van der Waals surface area contributed by atoms with Crippen LogP contribution in [0.5, 0.6) is 0 Å². The van der Waals surface area contributed by atoms with Crippen LogP contribution in [0.25, 0.3) is 33.4 Å². The van der Waals surface area contributed by atoms with Gasteiger partial charge in [0, 0.05) is 0 Å². The molecule has 32 heavy (non-hydrogen) atoms. The van der Waals surface area contributed by atoms with Crippen molar-refractivity contribution in [1.82, 2.24) is 0 Å². The summed E-state index contributed by atoms with van der Waals surface area (Å²) in [6.45, 7) is 5.72. The van der Waals surface area contributed by atoms with Gasteiger partial charge in [-0.25, -0.2) is 0 Å². The molecule has 2 heteroatoms. The highest BCUT2D eigenvalue weighted by molar-refractivity contribution is 5.81. The van der Waals surface area contributed by atoms with Crippen LogP contribution in [0.15, 0.2) is 84.9 Å². The van der Waals surface area contributed by atoms with E-state index >= 15 is 0 Å². The standard InChI is InChI=1S/C30H32N2/c1-21-9-11-27(25-7-3-5-23(17-25)13-15-31)19-29(21)30-20-28(12-10-22(30)2)26-8-4-6-24(18-26)14-16-32/h3-12,17-20H,13-16,31-32H2,1-2H3. The third kappa shape index (κ3) is 4.83. The van der Waals surface area contributed by atoms with E-state index in [1.54, 1.807) is 0 Å². The molecule has 4 rings (SSSR count). The Hall–Kier alpha value is -3.20. The number of hydrogen-bond acceptors (Lipinski definition) is 2. The van der Waals surface area contributed by atoms with Crippen LogP contribution in [0.2, 0.25) is 0 Å². The van der Waals surface area contributed by atoms with Gasteiger partial charge in [0.05, 0.1) is 0 Å². The van der Waals surface area contributed by atoms with E-state index in [4.69, 9.17) is 11.5 Å². The van der Waals surface area contributed by atoms with Crippen molar-refractivity contribution in [3.8, 4) is 33.4 Å². The van der Waals surface area contributed by atoms with E-state index in [0.717, 1.165) is 12.8 Å². The number of benzene rings is 4. The second-order valence-corrected chi connectivity index (χ2v) is 8.54. The molecule has 0 saturated heterocycles. The normalized spacial score (nSPS) is 11.0. The van der Waals surface area contributed by atoms with E-state index in [-0.39, 0.29) is 0 Å². The van der Waals surface area contributed by atoms with Gasteiger partial charge >= 0.3 is 0 Å². The van der Waals surface area contributed by atoms with Crippen molar-refractivity contribution in [1.29, 1.82) is 0 Å². The maximum Gasteiger partial charge on any atom is -0.00367 e. The minimum Gasteiger partial charge on any atom is -0.330 e. The average molecular weight is 421 g/mol. The summed E-state index contributed by atoms with van der Waals surface area (Å²) in [5.41, 5.74) is 24.2. The lowest BCUT2D eigenvalue weighted by Crippen LogP contribution is -2.02. The van der Waals surface area contributed by atoms with E-state index in [1.807, 2.05) is 0 Å². The van der Waals surface area contributed by atoms with Crippen molar-refractivity contribution in [3.05, 3.63) is 107 Å². The molecule has 162 valence electrons. The van der Waals surface area contributed by atoms with Crippen molar-refractivity contribution in [3.63, 3.8) is 0 Å².